The van der Waals surface area contributed by atoms with Gasteiger partial charge in [-0.15, -0.1) is 0 Å². The maximum Gasteiger partial charge on any atom is 0.306 e. The van der Waals surface area contributed by atoms with Crippen molar-refractivity contribution in [2.45, 2.75) is 55.7 Å². The molecule has 0 spiro atoms. The lowest BCUT2D eigenvalue weighted by atomic mass is 9.92. The molecular formula is C20H25N5O6. The van der Waals surface area contributed by atoms with E-state index < -0.39 is 29.9 Å². The number of fused-ring (bicyclic) bond motifs is 1. The first kappa shape index (κ1) is 21.5. The summed E-state index contributed by atoms with van der Waals surface area (Å²) in [6.45, 7) is -0.290. The highest BCUT2D eigenvalue weighted by Gasteiger charge is 2.57. The predicted molar refractivity (Wildman–Crippen MR) is 105 cm³/mol. The van der Waals surface area contributed by atoms with Crippen LogP contribution in [0, 0.1) is 17.2 Å². The summed E-state index contributed by atoms with van der Waals surface area (Å²) in [5, 5.41) is 35.2. The molecule has 2 unspecified atom stereocenters. The van der Waals surface area contributed by atoms with E-state index in [1.807, 2.05) is 6.07 Å². The highest BCUT2D eigenvalue weighted by molar-refractivity contribution is 5.69. The van der Waals surface area contributed by atoms with Crippen molar-refractivity contribution in [3.8, 4) is 6.07 Å². The number of aliphatic hydroxyl groups is 2. The second kappa shape index (κ2) is 8.39. The SMILES string of the molecule is COC1CCC(CC(=O)OC[C@H]2O[C@@](C#N)(c3ccc4c(N)ncnn34)[C@H](O)[C@@H]2O)C1. The third-order valence-corrected chi connectivity index (χ3v) is 6.18. The number of aliphatic hydroxyl groups excluding tert-OH is 2. The van der Waals surface area contributed by atoms with Crippen molar-refractivity contribution in [3.05, 3.63) is 24.2 Å². The molecule has 2 aromatic heterocycles. The van der Waals surface area contributed by atoms with Gasteiger partial charge in [-0.05, 0) is 37.3 Å². The number of hydrogen-bond donors (Lipinski definition) is 3. The lowest BCUT2D eigenvalue weighted by molar-refractivity contribution is -0.151. The molecule has 1 saturated carbocycles. The number of anilines is 1. The minimum absolute atomic E-state index is 0.166. The number of nitrogens with two attached hydrogens (primary N) is 1. The standard InChI is InChI=1S/C20H25N5O6/c1-29-12-3-2-11(6-12)7-16(26)30-8-14-17(27)18(28)20(9-21,31-14)15-5-4-13-19(22)23-10-24-25(13)15/h4-5,10-12,14,17-18,27-28H,2-3,6-8H2,1H3,(H2,22,23,24)/t11?,12?,14-,17-,18-,20+/m1/s1. The number of carbonyl (C=O) groups is 1. The van der Waals surface area contributed by atoms with Crippen molar-refractivity contribution in [3.63, 3.8) is 0 Å². The molecule has 166 valence electrons. The smallest absolute Gasteiger partial charge is 0.306 e. The van der Waals surface area contributed by atoms with Crippen LogP contribution in [0.3, 0.4) is 0 Å². The molecule has 1 aliphatic carbocycles. The molecule has 1 aliphatic heterocycles. The van der Waals surface area contributed by atoms with E-state index in [0.717, 1.165) is 19.3 Å². The monoisotopic (exact) mass is 431 g/mol. The highest BCUT2D eigenvalue weighted by atomic mass is 16.6. The highest BCUT2D eigenvalue weighted by Crippen LogP contribution is 2.40. The summed E-state index contributed by atoms with van der Waals surface area (Å²) in [6, 6.07) is 5.07. The Kier molecular flexibility index (Phi) is 5.81. The molecule has 6 atom stereocenters. The molecule has 0 aromatic carbocycles. The molecule has 0 amide bonds. The van der Waals surface area contributed by atoms with Crippen LogP contribution in [0.25, 0.3) is 5.52 Å². The van der Waals surface area contributed by atoms with Gasteiger partial charge in [0, 0.05) is 13.5 Å². The fourth-order valence-corrected chi connectivity index (χ4v) is 4.45. The average Bonchev–Trinajstić information content (AvgIpc) is 3.46. The molecular weight excluding hydrogens is 406 g/mol. The number of rotatable bonds is 6. The summed E-state index contributed by atoms with van der Waals surface area (Å²) >= 11 is 0. The summed E-state index contributed by atoms with van der Waals surface area (Å²) in [5.74, 6) is -0.0430. The zero-order valence-corrected chi connectivity index (χ0v) is 17.0. The number of esters is 1. The van der Waals surface area contributed by atoms with Gasteiger partial charge in [0.2, 0.25) is 5.60 Å². The number of carbonyl (C=O) groups excluding carboxylic acids is 1. The molecule has 11 heteroatoms. The zero-order valence-electron chi connectivity index (χ0n) is 17.0. The van der Waals surface area contributed by atoms with Crippen LogP contribution >= 0.6 is 0 Å². The maximum atomic E-state index is 12.2. The number of aromatic nitrogens is 3. The molecule has 3 heterocycles. The Bertz CT molecular complexity index is 1010. The first-order chi connectivity index (χ1) is 14.9. The van der Waals surface area contributed by atoms with E-state index in [-0.39, 0.29) is 36.6 Å². The third kappa shape index (κ3) is 3.72. The van der Waals surface area contributed by atoms with Crippen LogP contribution in [-0.4, -0.2) is 68.9 Å². The van der Waals surface area contributed by atoms with Crippen LogP contribution in [0.15, 0.2) is 18.5 Å². The van der Waals surface area contributed by atoms with Crippen LogP contribution < -0.4 is 5.73 Å². The lowest BCUT2D eigenvalue weighted by Gasteiger charge is -2.24. The van der Waals surface area contributed by atoms with Gasteiger partial charge in [-0.25, -0.2) is 9.50 Å². The second-order valence-electron chi connectivity index (χ2n) is 8.02. The van der Waals surface area contributed by atoms with Gasteiger partial charge in [-0.3, -0.25) is 4.79 Å². The maximum absolute atomic E-state index is 12.2. The van der Waals surface area contributed by atoms with E-state index in [9.17, 15) is 20.3 Å². The van der Waals surface area contributed by atoms with Gasteiger partial charge in [0.15, 0.2) is 5.82 Å². The van der Waals surface area contributed by atoms with Crippen molar-refractivity contribution in [1.82, 2.24) is 14.6 Å². The largest absolute Gasteiger partial charge is 0.463 e. The predicted octanol–water partition coefficient (Wildman–Crippen LogP) is -0.101. The minimum Gasteiger partial charge on any atom is -0.463 e. The Morgan fingerprint density at radius 1 is 1.45 bits per heavy atom. The molecule has 4 rings (SSSR count). The molecule has 11 nitrogen and oxygen atoms in total. The van der Waals surface area contributed by atoms with Gasteiger partial charge in [-0.1, -0.05) is 0 Å². The van der Waals surface area contributed by atoms with Crippen LogP contribution in [0.4, 0.5) is 5.82 Å². The van der Waals surface area contributed by atoms with Crippen LogP contribution in [-0.2, 0) is 24.6 Å². The Balaban J connectivity index is 1.46. The van der Waals surface area contributed by atoms with Gasteiger partial charge in [0.25, 0.3) is 0 Å². The average molecular weight is 431 g/mol. The Labute approximate surface area is 178 Å². The number of nitrogen functional groups attached to an aromatic ring is 1. The summed E-state index contributed by atoms with van der Waals surface area (Å²) in [7, 11) is 1.66. The molecule has 0 bridgehead atoms. The van der Waals surface area contributed by atoms with Crippen LogP contribution in [0.1, 0.15) is 31.4 Å². The van der Waals surface area contributed by atoms with E-state index in [2.05, 4.69) is 10.1 Å². The first-order valence-corrected chi connectivity index (χ1v) is 10.1. The van der Waals surface area contributed by atoms with Gasteiger partial charge in [0.05, 0.1) is 11.8 Å². The number of nitriles is 1. The molecule has 1 saturated heterocycles. The van der Waals surface area contributed by atoms with Crippen LogP contribution in [0.2, 0.25) is 0 Å². The van der Waals surface area contributed by atoms with Crippen molar-refractivity contribution in [2.24, 2.45) is 5.92 Å². The van der Waals surface area contributed by atoms with Gasteiger partial charge >= 0.3 is 5.97 Å². The Morgan fingerprint density at radius 3 is 2.97 bits per heavy atom. The van der Waals surface area contributed by atoms with Crippen molar-refractivity contribution < 1.29 is 29.2 Å². The zero-order chi connectivity index (χ0) is 22.2. The minimum atomic E-state index is -1.92. The fourth-order valence-electron chi connectivity index (χ4n) is 4.45. The fraction of sp³-hybridized carbons (Fsp3) is 0.600. The van der Waals surface area contributed by atoms with Crippen molar-refractivity contribution in [2.75, 3.05) is 19.5 Å². The van der Waals surface area contributed by atoms with Gasteiger partial charge in [-0.2, -0.15) is 10.4 Å². The molecule has 2 aliphatic rings. The molecule has 0 radical (unpaired) electrons. The van der Waals surface area contributed by atoms with Gasteiger partial charge < -0.3 is 30.2 Å². The normalized spacial score (nSPS) is 32.9. The van der Waals surface area contributed by atoms with E-state index in [1.54, 1.807) is 13.2 Å². The number of methoxy groups -OCH3 is 1. The summed E-state index contributed by atoms with van der Waals surface area (Å²) in [4.78, 5) is 16.1. The summed E-state index contributed by atoms with van der Waals surface area (Å²) in [6.07, 6.45) is 0.107. The van der Waals surface area contributed by atoms with Gasteiger partial charge in [0.1, 0.15) is 42.8 Å². The quantitative estimate of drug-likeness (QED) is 0.526. The summed E-state index contributed by atoms with van der Waals surface area (Å²) < 4.78 is 17.7. The van der Waals surface area contributed by atoms with E-state index in [1.165, 1.54) is 16.9 Å². The molecule has 2 aromatic rings. The molecule has 2 fully saturated rings. The second-order valence-corrected chi connectivity index (χ2v) is 8.02. The van der Waals surface area contributed by atoms with E-state index in [0.29, 0.717) is 5.52 Å². The lowest BCUT2D eigenvalue weighted by Crippen LogP contribution is -2.41. The Morgan fingerprint density at radius 2 is 2.26 bits per heavy atom. The number of nitrogens with zero attached hydrogens (tertiary/aromatic N) is 4. The first-order valence-electron chi connectivity index (χ1n) is 10.1. The molecule has 31 heavy (non-hydrogen) atoms. The van der Waals surface area contributed by atoms with Crippen molar-refractivity contribution in [1.29, 1.82) is 5.26 Å². The number of ether oxygens (including phenoxy) is 3. The third-order valence-electron chi connectivity index (χ3n) is 6.18. The topological polar surface area (TPSA) is 165 Å². The van der Waals surface area contributed by atoms with Crippen LogP contribution in [0.5, 0.6) is 0 Å². The van der Waals surface area contributed by atoms with Crippen molar-refractivity contribution >= 4 is 17.3 Å². The van der Waals surface area contributed by atoms with E-state index >= 15 is 0 Å². The number of hydrogen-bond acceptors (Lipinski definition) is 10. The summed E-state index contributed by atoms with van der Waals surface area (Å²) in [5.41, 5.74) is 4.54. The molecule has 4 N–H and O–H groups in total. The Hall–Kier alpha value is -2.78. The van der Waals surface area contributed by atoms with E-state index in [4.69, 9.17) is 19.9 Å².